The van der Waals surface area contributed by atoms with Crippen LogP contribution >= 0.6 is 0 Å². The highest BCUT2D eigenvalue weighted by molar-refractivity contribution is 7.89. The molecule has 21 heavy (non-hydrogen) atoms. The van der Waals surface area contributed by atoms with E-state index in [2.05, 4.69) is 0 Å². The van der Waals surface area contributed by atoms with E-state index >= 15 is 0 Å². The first-order valence-electron chi connectivity index (χ1n) is 6.73. The molecular formula is C14H20FNO4S. The Bertz CT molecular complexity index is 609. The summed E-state index contributed by atoms with van der Waals surface area (Å²) in [5, 5.41) is 9.29. The Morgan fingerprint density at radius 3 is 2.43 bits per heavy atom. The molecule has 1 fully saturated rings. The van der Waals surface area contributed by atoms with Crippen LogP contribution in [0.5, 0.6) is 5.75 Å². The summed E-state index contributed by atoms with van der Waals surface area (Å²) >= 11 is 0. The maximum Gasteiger partial charge on any atom is 0.244 e. The van der Waals surface area contributed by atoms with Gasteiger partial charge in [0.15, 0.2) is 0 Å². The molecular weight excluding hydrogens is 297 g/mol. The lowest BCUT2D eigenvalue weighted by Gasteiger charge is -2.24. The number of methoxy groups -OCH3 is 1. The number of alkyl halides is 1. The van der Waals surface area contributed by atoms with Crippen molar-refractivity contribution < 1.29 is 22.7 Å². The summed E-state index contributed by atoms with van der Waals surface area (Å²) in [6.07, 6.45) is -1.21. The van der Waals surface area contributed by atoms with Crippen LogP contribution in [0.1, 0.15) is 17.5 Å². The molecule has 0 aromatic heterocycles. The normalized spacial score (nSPS) is 23.5. The molecule has 1 heterocycles. The highest BCUT2D eigenvalue weighted by atomic mass is 32.2. The molecule has 0 unspecified atom stereocenters. The predicted molar refractivity (Wildman–Crippen MR) is 76.7 cm³/mol. The van der Waals surface area contributed by atoms with Crippen molar-refractivity contribution in [2.24, 2.45) is 0 Å². The highest BCUT2D eigenvalue weighted by Crippen LogP contribution is 2.32. The summed E-state index contributed by atoms with van der Waals surface area (Å²) < 4.78 is 45.3. The Kier molecular flexibility index (Phi) is 4.55. The Balaban J connectivity index is 2.50. The van der Waals surface area contributed by atoms with E-state index < -0.39 is 22.2 Å². The first-order chi connectivity index (χ1) is 9.81. The number of ether oxygens (including phenoxy) is 1. The number of aryl methyl sites for hydroxylation is 2. The van der Waals surface area contributed by atoms with Crippen molar-refractivity contribution in [2.75, 3.05) is 20.3 Å². The van der Waals surface area contributed by atoms with Crippen molar-refractivity contribution in [1.82, 2.24) is 4.31 Å². The SMILES string of the molecule is COc1cc(C)c(S(=O)(=O)N2C[C@H](F)C[C@H]2CO)c(C)c1. The maximum atomic E-state index is 13.5. The van der Waals surface area contributed by atoms with Crippen LogP contribution in [0.15, 0.2) is 17.0 Å². The number of aliphatic hydroxyl groups excluding tert-OH is 1. The summed E-state index contributed by atoms with van der Waals surface area (Å²) in [6.45, 7) is 2.77. The van der Waals surface area contributed by atoms with E-state index in [4.69, 9.17) is 4.74 Å². The summed E-state index contributed by atoms with van der Waals surface area (Å²) in [7, 11) is -2.33. The molecule has 0 saturated carbocycles. The standard InChI is InChI=1S/C14H20FNO4S/c1-9-4-13(20-3)5-10(2)14(9)21(18,19)16-7-11(15)6-12(16)8-17/h4-5,11-12,17H,6-8H2,1-3H3/t11-,12+/m1/s1. The molecule has 0 spiro atoms. The lowest BCUT2D eigenvalue weighted by Crippen LogP contribution is -2.38. The van der Waals surface area contributed by atoms with Crippen molar-refractivity contribution in [3.8, 4) is 5.75 Å². The number of halogens is 1. The second-order valence-electron chi connectivity index (χ2n) is 5.33. The van der Waals surface area contributed by atoms with E-state index in [1.54, 1.807) is 26.0 Å². The second kappa shape index (κ2) is 5.90. The van der Waals surface area contributed by atoms with Crippen molar-refractivity contribution in [2.45, 2.75) is 37.4 Å². The van der Waals surface area contributed by atoms with E-state index in [0.717, 1.165) is 4.31 Å². The van der Waals surface area contributed by atoms with Gasteiger partial charge in [0.25, 0.3) is 0 Å². The van der Waals surface area contributed by atoms with Gasteiger partial charge in [0.2, 0.25) is 10.0 Å². The molecule has 0 radical (unpaired) electrons. The van der Waals surface area contributed by atoms with Crippen LogP contribution in [-0.2, 0) is 10.0 Å². The lowest BCUT2D eigenvalue weighted by molar-refractivity contribution is 0.212. The number of rotatable bonds is 4. The summed E-state index contributed by atoms with van der Waals surface area (Å²) in [5.74, 6) is 0.576. The van der Waals surface area contributed by atoms with Crippen LogP contribution in [0.2, 0.25) is 0 Å². The van der Waals surface area contributed by atoms with Crippen LogP contribution in [-0.4, -0.2) is 50.3 Å². The van der Waals surface area contributed by atoms with Gasteiger partial charge in [-0.2, -0.15) is 4.31 Å². The van der Waals surface area contributed by atoms with E-state index in [-0.39, 0.29) is 24.5 Å². The first kappa shape index (κ1) is 16.2. The van der Waals surface area contributed by atoms with Gasteiger partial charge < -0.3 is 9.84 Å². The minimum Gasteiger partial charge on any atom is -0.497 e. The zero-order chi connectivity index (χ0) is 15.8. The number of sulfonamides is 1. The fourth-order valence-corrected chi connectivity index (χ4v) is 4.91. The number of hydrogen-bond donors (Lipinski definition) is 1. The van der Waals surface area contributed by atoms with Gasteiger partial charge in [0, 0.05) is 6.54 Å². The average Bonchev–Trinajstić information content (AvgIpc) is 2.79. The molecule has 7 heteroatoms. The Morgan fingerprint density at radius 2 is 1.95 bits per heavy atom. The fraction of sp³-hybridized carbons (Fsp3) is 0.571. The van der Waals surface area contributed by atoms with Crippen LogP contribution < -0.4 is 4.74 Å². The fourth-order valence-electron chi connectivity index (χ4n) is 2.84. The zero-order valence-corrected chi connectivity index (χ0v) is 13.2. The van der Waals surface area contributed by atoms with Gasteiger partial charge in [-0.25, -0.2) is 12.8 Å². The Morgan fingerprint density at radius 1 is 1.38 bits per heavy atom. The maximum absolute atomic E-state index is 13.5. The molecule has 1 N–H and O–H groups in total. The first-order valence-corrected chi connectivity index (χ1v) is 8.17. The molecule has 0 amide bonds. The van der Waals surface area contributed by atoms with Gasteiger partial charge in [-0.3, -0.25) is 0 Å². The smallest absolute Gasteiger partial charge is 0.244 e. The molecule has 1 aliphatic rings. The predicted octanol–water partition coefficient (Wildman–Crippen LogP) is 1.41. The van der Waals surface area contributed by atoms with Gasteiger partial charge in [-0.05, 0) is 43.5 Å². The van der Waals surface area contributed by atoms with E-state index in [1.807, 2.05) is 0 Å². The zero-order valence-electron chi connectivity index (χ0n) is 12.3. The molecule has 0 aliphatic carbocycles. The lowest BCUT2D eigenvalue weighted by atomic mass is 10.1. The third-order valence-electron chi connectivity index (χ3n) is 3.76. The minimum absolute atomic E-state index is 0.0317. The quantitative estimate of drug-likeness (QED) is 0.912. The Labute approximate surface area is 124 Å². The molecule has 1 aliphatic heterocycles. The van der Waals surface area contributed by atoms with Crippen molar-refractivity contribution in [3.63, 3.8) is 0 Å². The molecule has 2 rings (SSSR count). The second-order valence-corrected chi connectivity index (χ2v) is 7.16. The Hall–Kier alpha value is -1.18. The van der Waals surface area contributed by atoms with Crippen molar-refractivity contribution in [3.05, 3.63) is 23.3 Å². The molecule has 2 atom stereocenters. The molecule has 5 nitrogen and oxygen atoms in total. The number of benzene rings is 1. The summed E-state index contributed by atoms with van der Waals surface area (Å²) in [4.78, 5) is 0.163. The van der Waals surface area contributed by atoms with E-state index in [1.165, 1.54) is 7.11 Å². The molecule has 1 saturated heterocycles. The van der Waals surface area contributed by atoms with Gasteiger partial charge in [0.1, 0.15) is 11.9 Å². The largest absolute Gasteiger partial charge is 0.497 e. The highest BCUT2D eigenvalue weighted by Gasteiger charge is 2.41. The van der Waals surface area contributed by atoms with Gasteiger partial charge >= 0.3 is 0 Å². The van der Waals surface area contributed by atoms with Gasteiger partial charge in [-0.15, -0.1) is 0 Å². The van der Waals surface area contributed by atoms with Crippen LogP contribution in [0.3, 0.4) is 0 Å². The summed E-state index contributed by atoms with van der Waals surface area (Å²) in [6, 6.07) is 2.57. The average molecular weight is 317 g/mol. The number of hydrogen-bond acceptors (Lipinski definition) is 4. The molecule has 118 valence electrons. The van der Waals surface area contributed by atoms with Crippen molar-refractivity contribution >= 4 is 10.0 Å². The molecule has 1 aromatic carbocycles. The number of aliphatic hydroxyl groups is 1. The third-order valence-corrected chi connectivity index (χ3v) is 5.98. The van der Waals surface area contributed by atoms with Crippen molar-refractivity contribution in [1.29, 1.82) is 0 Å². The van der Waals surface area contributed by atoms with Crippen LogP contribution in [0.25, 0.3) is 0 Å². The van der Waals surface area contributed by atoms with Crippen LogP contribution in [0, 0.1) is 13.8 Å². The molecule has 1 aromatic rings. The van der Waals surface area contributed by atoms with E-state index in [0.29, 0.717) is 16.9 Å². The monoisotopic (exact) mass is 317 g/mol. The van der Waals surface area contributed by atoms with Gasteiger partial charge in [-0.1, -0.05) is 0 Å². The van der Waals surface area contributed by atoms with E-state index in [9.17, 15) is 17.9 Å². The summed E-state index contributed by atoms with van der Waals surface area (Å²) in [5.41, 5.74) is 1.09. The topological polar surface area (TPSA) is 66.8 Å². The molecule has 0 bridgehead atoms. The van der Waals surface area contributed by atoms with Crippen LogP contribution in [0.4, 0.5) is 4.39 Å². The third kappa shape index (κ3) is 2.90. The van der Waals surface area contributed by atoms with Gasteiger partial charge in [0.05, 0.1) is 24.7 Å². The number of nitrogens with zero attached hydrogens (tertiary/aromatic N) is 1. The minimum atomic E-state index is -3.84.